The zero-order valence-electron chi connectivity index (χ0n) is 12.5. The lowest BCUT2D eigenvalue weighted by Gasteiger charge is -2.25. The van der Waals surface area contributed by atoms with Gasteiger partial charge >= 0.3 is 0 Å². The van der Waals surface area contributed by atoms with Crippen molar-refractivity contribution in [3.05, 3.63) is 53.6 Å². The predicted molar refractivity (Wildman–Crippen MR) is 87.0 cm³/mol. The molecule has 106 valence electrons. The molecule has 1 aromatic carbocycles. The van der Waals surface area contributed by atoms with Gasteiger partial charge in [-0.05, 0) is 56.4 Å². The quantitative estimate of drug-likeness (QED) is 0.533. The molecule has 1 aliphatic carbocycles. The van der Waals surface area contributed by atoms with Crippen LogP contribution in [-0.4, -0.2) is 6.61 Å². The first kappa shape index (κ1) is 16.1. The zero-order chi connectivity index (χ0) is 14.8. The van der Waals surface area contributed by atoms with Crippen molar-refractivity contribution >= 4 is 0 Å². The van der Waals surface area contributed by atoms with Gasteiger partial charge in [-0.3, -0.25) is 0 Å². The molecule has 1 saturated carbocycles. The van der Waals surface area contributed by atoms with Crippen molar-refractivity contribution in [2.75, 3.05) is 6.61 Å². The summed E-state index contributed by atoms with van der Waals surface area (Å²) in [6.45, 7) is 4.76. The molecule has 20 heavy (non-hydrogen) atoms. The van der Waals surface area contributed by atoms with Gasteiger partial charge in [0.1, 0.15) is 12.4 Å². The van der Waals surface area contributed by atoms with Crippen LogP contribution in [0.3, 0.4) is 0 Å². The first-order valence-electron chi connectivity index (χ1n) is 7.15. The number of benzene rings is 1. The van der Waals surface area contributed by atoms with Crippen molar-refractivity contribution in [1.82, 2.24) is 0 Å². The van der Waals surface area contributed by atoms with Gasteiger partial charge in [0.05, 0.1) is 0 Å². The Bertz CT molecular complexity index is 458. The van der Waals surface area contributed by atoms with E-state index in [0.717, 1.165) is 11.7 Å². The van der Waals surface area contributed by atoms with Crippen LogP contribution in [0.15, 0.2) is 48.1 Å². The Balaban J connectivity index is 0.000000956. The van der Waals surface area contributed by atoms with Crippen LogP contribution in [0, 0.1) is 12.8 Å². The second-order valence-electron chi connectivity index (χ2n) is 4.94. The van der Waals surface area contributed by atoms with Gasteiger partial charge in [0.15, 0.2) is 0 Å². The lowest BCUT2D eigenvalue weighted by atomic mass is 9.80. The van der Waals surface area contributed by atoms with Crippen LogP contribution in [0.1, 0.15) is 44.6 Å². The standard InChI is InChI=1S/C17H22O.C2H2/c1-3-14(2)6-5-13-18-17-11-9-16(10-12-17)15-7-4-8-15;1-2/h3,5-6,9-12,15H,4,7-8,13H2,1-2H3;1-2H/b6-5-,14-3-;. The molecule has 0 aliphatic heterocycles. The Morgan fingerprint density at radius 2 is 1.90 bits per heavy atom. The minimum Gasteiger partial charge on any atom is -0.490 e. The summed E-state index contributed by atoms with van der Waals surface area (Å²) in [6.07, 6.45) is 18.3. The molecule has 2 rings (SSSR count). The Hall–Kier alpha value is -1.94. The van der Waals surface area contributed by atoms with Gasteiger partial charge in [0.25, 0.3) is 0 Å². The third kappa shape index (κ3) is 4.97. The van der Waals surface area contributed by atoms with Crippen LogP contribution in [0.4, 0.5) is 0 Å². The lowest BCUT2D eigenvalue weighted by molar-refractivity contribution is 0.362. The maximum Gasteiger partial charge on any atom is 0.119 e. The summed E-state index contributed by atoms with van der Waals surface area (Å²) in [5, 5.41) is 0. The number of hydrogen-bond donors (Lipinski definition) is 0. The van der Waals surface area contributed by atoms with Crippen molar-refractivity contribution < 1.29 is 4.74 Å². The molecule has 0 unspecified atom stereocenters. The summed E-state index contributed by atoms with van der Waals surface area (Å²) in [5.74, 6) is 1.76. The Morgan fingerprint density at radius 3 is 2.40 bits per heavy atom. The molecule has 0 amide bonds. The van der Waals surface area contributed by atoms with Gasteiger partial charge < -0.3 is 4.74 Å². The summed E-state index contributed by atoms with van der Waals surface area (Å²) >= 11 is 0. The SMILES string of the molecule is C#C.C/C=C(C)\C=C/COc1ccc(C2CCC2)cc1. The van der Waals surface area contributed by atoms with E-state index in [2.05, 4.69) is 62.3 Å². The fourth-order valence-electron chi connectivity index (χ4n) is 2.05. The van der Waals surface area contributed by atoms with E-state index in [1.54, 1.807) is 0 Å². The van der Waals surface area contributed by atoms with Crippen molar-refractivity contribution in [3.63, 3.8) is 0 Å². The number of allylic oxidation sites excluding steroid dienone is 3. The highest BCUT2D eigenvalue weighted by Crippen LogP contribution is 2.36. The van der Waals surface area contributed by atoms with Crippen molar-refractivity contribution in [2.45, 2.75) is 39.0 Å². The normalized spacial score (nSPS) is 15.3. The number of ether oxygens (including phenoxy) is 1. The van der Waals surface area contributed by atoms with Crippen LogP contribution in [0.5, 0.6) is 5.75 Å². The maximum absolute atomic E-state index is 5.67. The van der Waals surface area contributed by atoms with Gasteiger partial charge in [-0.2, -0.15) is 0 Å². The van der Waals surface area contributed by atoms with Crippen LogP contribution in [-0.2, 0) is 0 Å². The highest BCUT2D eigenvalue weighted by Gasteiger charge is 2.18. The van der Waals surface area contributed by atoms with E-state index in [1.807, 2.05) is 6.92 Å². The molecule has 0 bridgehead atoms. The molecule has 0 N–H and O–H groups in total. The summed E-state index contributed by atoms with van der Waals surface area (Å²) in [6, 6.07) is 8.59. The molecular weight excluding hydrogens is 244 g/mol. The van der Waals surface area contributed by atoms with E-state index < -0.39 is 0 Å². The molecule has 1 fully saturated rings. The van der Waals surface area contributed by atoms with Crippen molar-refractivity contribution in [1.29, 1.82) is 0 Å². The number of terminal acetylenes is 1. The molecule has 1 aliphatic rings. The van der Waals surface area contributed by atoms with E-state index in [1.165, 1.54) is 30.4 Å². The Kier molecular flexibility index (Phi) is 7.29. The molecule has 0 radical (unpaired) electrons. The topological polar surface area (TPSA) is 9.23 Å². The lowest BCUT2D eigenvalue weighted by Crippen LogP contribution is -2.08. The van der Waals surface area contributed by atoms with Crippen LogP contribution >= 0.6 is 0 Å². The number of rotatable bonds is 5. The molecule has 0 saturated heterocycles. The summed E-state index contributed by atoms with van der Waals surface area (Å²) in [7, 11) is 0. The second kappa shape index (κ2) is 9.04. The van der Waals surface area contributed by atoms with Crippen molar-refractivity contribution in [3.8, 4) is 18.6 Å². The van der Waals surface area contributed by atoms with Gasteiger partial charge in [-0.1, -0.05) is 36.3 Å². The fraction of sp³-hybridized carbons (Fsp3) is 0.368. The van der Waals surface area contributed by atoms with Gasteiger partial charge in [0, 0.05) is 0 Å². The van der Waals surface area contributed by atoms with E-state index >= 15 is 0 Å². The molecule has 0 aromatic heterocycles. The molecule has 1 aromatic rings. The minimum absolute atomic E-state index is 0.633. The highest BCUT2D eigenvalue weighted by molar-refractivity contribution is 5.30. The van der Waals surface area contributed by atoms with E-state index in [-0.39, 0.29) is 0 Å². The molecule has 0 heterocycles. The van der Waals surface area contributed by atoms with Crippen LogP contribution < -0.4 is 4.74 Å². The third-order valence-corrected chi connectivity index (χ3v) is 3.64. The molecule has 0 spiro atoms. The van der Waals surface area contributed by atoms with E-state index in [4.69, 9.17) is 4.74 Å². The molecule has 1 heteroatoms. The van der Waals surface area contributed by atoms with Crippen LogP contribution in [0.2, 0.25) is 0 Å². The minimum atomic E-state index is 0.633. The summed E-state index contributed by atoms with van der Waals surface area (Å²) in [4.78, 5) is 0. The highest BCUT2D eigenvalue weighted by atomic mass is 16.5. The second-order valence-corrected chi connectivity index (χ2v) is 4.94. The molecular formula is C19H24O. The average Bonchev–Trinajstić information content (AvgIpc) is 2.45. The van der Waals surface area contributed by atoms with Gasteiger partial charge in [-0.15, -0.1) is 12.8 Å². The smallest absolute Gasteiger partial charge is 0.119 e. The van der Waals surface area contributed by atoms with Crippen LogP contribution in [0.25, 0.3) is 0 Å². The van der Waals surface area contributed by atoms with E-state index in [9.17, 15) is 0 Å². The Morgan fingerprint density at radius 1 is 1.25 bits per heavy atom. The summed E-state index contributed by atoms with van der Waals surface area (Å²) < 4.78 is 5.67. The first-order valence-corrected chi connectivity index (χ1v) is 7.15. The summed E-state index contributed by atoms with van der Waals surface area (Å²) in [5.41, 5.74) is 2.73. The first-order chi connectivity index (χ1) is 9.79. The molecule has 0 atom stereocenters. The third-order valence-electron chi connectivity index (χ3n) is 3.64. The fourth-order valence-corrected chi connectivity index (χ4v) is 2.05. The maximum atomic E-state index is 5.67. The van der Waals surface area contributed by atoms with E-state index in [0.29, 0.717) is 6.61 Å². The zero-order valence-corrected chi connectivity index (χ0v) is 12.5. The monoisotopic (exact) mass is 268 g/mol. The predicted octanol–water partition coefficient (Wildman–Crippen LogP) is 5.10. The molecule has 1 nitrogen and oxygen atoms in total. The van der Waals surface area contributed by atoms with Gasteiger partial charge in [-0.25, -0.2) is 0 Å². The average molecular weight is 268 g/mol. The largest absolute Gasteiger partial charge is 0.490 e. The number of hydrogen-bond acceptors (Lipinski definition) is 1. The van der Waals surface area contributed by atoms with Gasteiger partial charge in [0.2, 0.25) is 0 Å². The van der Waals surface area contributed by atoms with Crippen molar-refractivity contribution in [2.24, 2.45) is 0 Å². The Labute approximate surface area is 123 Å².